The highest BCUT2D eigenvalue weighted by Crippen LogP contribution is 2.38. The molecule has 1 N–H and O–H groups in total. The smallest absolute Gasteiger partial charge is 0.445 e. The van der Waals surface area contributed by atoms with Gasteiger partial charge in [0.25, 0.3) is 0 Å². The first-order valence-corrected chi connectivity index (χ1v) is 5.42. The molecule has 0 aliphatic carbocycles. The van der Waals surface area contributed by atoms with E-state index < -0.39 is 22.1 Å². The Morgan fingerprint density at radius 3 is 2.59 bits per heavy atom. The molecule has 10 heteroatoms. The molecule has 6 nitrogen and oxygen atoms in total. The minimum Gasteiger partial charge on any atom is -0.623 e. The van der Waals surface area contributed by atoms with Crippen molar-refractivity contribution in [3.63, 3.8) is 0 Å². The van der Waals surface area contributed by atoms with Gasteiger partial charge in [-0.1, -0.05) is 5.10 Å². The second-order valence-corrected chi connectivity index (χ2v) is 4.80. The fourth-order valence-electron chi connectivity index (χ4n) is 1.59. The van der Waals surface area contributed by atoms with Crippen LogP contribution in [0, 0.1) is 5.21 Å². The molecule has 2 unspecified atom stereocenters. The molecule has 2 rings (SSSR count). The first-order valence-electron chi connectivity index (χ1n) is 4.60. The molecule has 1 saturated heterocycles. The fraction of sp³-hybridized carbons (Fsp3) is 0.714. The van der Waals surface area contributed by atoms with Crippen LogP contribution in [0.1, 0.15) is 5.01 Å². The molecule has 0 amide bonds. The Labute approximate surface area is 98.1 Å². The predicted octanol–water partition coefficient (Wildman–Crippen LogP) is 0.583. The molecule has 1 aromatic rings. The molecule has 96 valence electrons. The van der Waals surface area contributed by atoms with Gasteiger partial charge in [-0.3, -0.25) is 9.55 Å². The lowest BCUT2D eigenvalue weighted by Gasteiger charge is -2.36. The summed E-state index contributed by atoms with van der Waals surface area (Å²) >= 11 is 0.168. The maximum atomic E-state index is 12.3. The van der Waals surface area contributed by atoms with Crippen molar-refractivity contribution in [2.24, 2.45) is 0 Å². The Balaban J connectivity index is 2.32. The van der Waals surface area contributed by atoms with Gasteiger partial charge < -0.3 is 10.3 Å². The molecule has 1 aliphatic heterocycles. The second-order valence-electron chi connectivity index (χ2n) is 3.84. The van der Waals surface area contributed by atoms with Crippen molar-refractivity contribution in [1.29, 1.82) is 0 Å². The van der Waals surface area contributed by atoms with Gasteiger partial charge in [0.15, 0.2) is 0 Å². The van der Waals surface area contributed by atoms with Crippen molar-refractivity contribution >= 4 is 16.5 Å². The van der Waals surface area contributed by atoms with Gasteiger partial charge in [-0.25, -0.2) is 0 Å². The molecule has 1 aromatic heterocycles. The molecule has 0 saturated carbocycles. The third-order valence-corrected chi connectivity index (χ3v) is 3.47. The molecular formula is C7H9F3N4O2S. The monoisotopic (exact) mass is 270 g/mol. The average molecular weight is 270 g/mol. The Kier molecular flexibility index (Phi) is 2.86. The molecule has 17 heavy (non-hydrogen) atoms. The summed E-state index contributed by atoms with van der Waals surface area (Å²) in [5, 5.41) is 26.4. The van der Waals surface area contributed by atoms with Crippen LogP contribution in [0.4, 0.5) is 18.3 Å². The number of quaternary nitrogens is 1. The summed E-state index contributed by atoms with van der Waals surface area (Å²) in [6, 6.07) is 0. The average Bonchev–Trinajstić information content (AvgIpc) is 2.72. The van der Waals surface area contributed by atoms with E-state index in [0.717, 1.165) is 0 Å². The zero-order valence-electron chi connectivity index (χ0n) is 8.68. The number of aliphatic hydroxyl groups excluding tert-OH is 1. The van der Waals surface area contributed by atoms with Gasteiger partial charge in [-0.2, -0.15) is 13.2 Å². The SMILES string of the molecule is CN1CC(O)[N+]([O-])(c2nnc(C(F)(F)F)s2)C1. The topological polar surface area (TPSA) is 72.3 Å². The Morgan fingerprint density at radius 1 is 1.53 bits per heavy atom. The van der Waals surface area contributed by atoms with Crippen LogP contribution in [-0.4, -0.2) is 46.7 Å². The zero-order valence-corrected chi connectivity index (χ0v) is 9.49. The molecule has 0 bridgehead atoms. The van der Waals surface area contributed by atoms with E-state index in [0.29, 0.717) is 0 Å². The normalized spacial score (nSPS) is 31.1. The van der Waals surface area contributed by atoms with E-state index in [2.05, 4.69) is 10.2 Å². The summed E-state index contributed by atoms with van der Waals surface area (Å²) in [7, 11) is 1.59. The van der Waals surface area contributed by atoms with Crippen LogP contribution in [-0.2, 0) is 6.18 Å². The predicted molar refractivity (Wildman–Crippen MR) is 53.6 cm³/mol. The number of nitrogens with zero attached hydrogens (tertiary/aromatic N) is 4. The van der Waals surface area contributed by atoms with Crippen molar-refractivity contribution in [1.82, 2.24) is 19.7 Å². The van der Waals surface area contributed by atoms with Crippen molar-refractivity contribution in [2.75, 3.05) is 20.3 Å². The number of hydrogen-bond donors (Lipinski definition) is 1. The summed E-state index contributed by atoms with van der Waals surface area (Å²) in [5.74, 6) is 0. The summed E-state index contributed by atoms with van der Waals surface area (Å²) in [5.41, 5.74) is 0. The highest BCUT2D eigenvalue weighted by molar-refractivity contribution is 7.15. The van der Waals surface area contributed by atoms with Gasteiger partial charge >= 0.3 is 11.3 Å². The number of aliphatic hydroxyl groups is 1. The standard InChI is InChI=1S/C7H9F3N4O2S/c1-13-2-4(15)14(16,3-13)6-12-11-5(17-6)7(8,9)10/h4,15H,2-3H2,1H3. The van der Waals surface area contributed by atoms with Gasteiger partial charge in [-0.15, -0.1) is 5.10 Å². The van der Waals surface area contributed by atoms with Crippen LogP contribution in [0.2, 0.25) is 0 Å². The number of likely N-dealkylation sites (N-methyl/N-ethyl adjacent to an activating group) is 1. The maximum absolute atomic E-state index is 12.3. The number of hydroxylamine groups is 2. The van der Waals surface area contributed by atoms with Gasteiger partial charge in [0.05, 0.1) is 6.54 Å². The number of β-amino-alcohol motifs (C(OH)–C–C–N with tert-alkyl or cyclic N) is 1. The van der Waals surface area contributed by atoms with E-state index in [9.17, 15) is 23.5 Å². The number of rotatable bonds is 1. The zero-order chi connectivity index (χ0) is 12.8. The summed E-state index contributed by atoms with van der Waals surface area (Å²) in [6.45, 7) is -0.0575. The van der Waals surface area contributed by atoms with Gasteiger partial charge in [0.1, 0.15) is 6.67 Å². The summed E-state index contributed by atoms with van der Waals surface area (Å²) < 4.78 is 35.6. The molecule has 0 radical (unpaired) electrons. The maximum Gasteiger partial charge on any atom is 0.445 e. The molecule has 1 aliphatic rings. The van der Waals surface area contributed by atoms with Crippen LogP contribution >= 0.6 is 11.3 Å². The minimum atomic E-state index is -4.62. The molecule has 1 fully saturated rings. The fourth-order valence-corrected chi connectivity index (χ4v) is 2.38. The first kappa shape index (κ1) is 12.6. The van der Waals surface area contributed by atoms with Gasteiger partial charge in [0, 0.05) is 0 Å². The summed E-state index contributed by atoms with van der Waals surface area (Å²) in [6.07, 6.45) is -5.96. The molecule has 2 atom stereocenters. The van der Waals surface area contributed by atoms with Gasteiger partial charge in [0.2, 0.25) is 11.2 Å². The van der Waals surface area contributed by atoms with Crippen LogP contribution in [0.15, 0.2) is 0 Å². The minimum absolute atomic E-state index is 0.0877. The van der Waals surface area contributed by atoms with Crippen molar-refractivity contribution in [2.45, 2.75) is 12.4 Å². The van der Waals surface area contributed by atoms with Crippen molar-refractivity contribution < 1.29 is 18.3 Å². The van der Waals surface area contributed by atoms with E-state index in [-0.39, 0.29) is 29.7 Å². The third-order valence-electron chi connectivity index (χ3n) is 2.39. The van der Waals surface area contributed by atoms with E-state index in [1.807, 2.05) is 0 Å². The number of aromatic nitrogens is 2. The van der Waals surface area contributed by atoms with E-state index in [4.69, 9.17) is 0 Å². The number of alkyl halides is 3. The highest BCUT2D eigenvalue weighted by atomic mass is 32.1. The first-order chi connectivity index (χ1) is 7.73. The van der Waals surface area contributed by atoms with E-state index >= 15 is 0 Å². The quantitative estimate of drug-likeness (QED) is 0.597. The number of halogens is 3. The van der Waals surface area contributed by atoms with E-state index in [1.54, 1.807) is 7.05 Å². The molecule has 0 aromatic carbocycles. The second kappa shape index (κ2) is 3.85. The van der Waals surface area contributed by atoms with Crippen molar-refractivity contribution in [3.8, 4) is 0 Å². The van der Waals surface area contributed by atoms with Crippen LogP contribution in [0.3, 0.4) is 0 Å². The van der Waals surface area contributed by atoms with Crippen LogP contribution in [0.25, 0.3) is 0 Å². The van der Waals surface area contributed by atoms with Gasteiger partial charge in [-0.05, 0) is 18.4 Å². The largest absolute Gasteiger partial charge is 0.623 e. The lowest BCUT2D eigenvalue weighted by atomic mass is 10.5. The molecule has 0 spiro atoms. The lowest BCUT2D eigenvalue weighted by Crippen LogP contribution is -2.48. The van der Waals surface area contributed by atoms with Crippen LogP contribution < -0.4 is 4.65 Å². The Morgan fingerprint density at radius 2 is 2.18 bits per heavy atom. The summed E-state index contributed by atoms with van der Waals surface area (Å²) in [4.78, 5) is 1.52. The number of hydrogen-bond acceptors (Lipinski definition) is 6. The van der Waals surface area contributed by atoms with Crippen LogP contribution in [0.5, 0.6) is 0 Å². The van der Waals surface area contributed by atoms with Crippen molar-refractivity contribution in [3.05, 3.63) is 10.2 Å². The molecule has 2 heterocycles. The van der Waals surface area contributed by atoms with E-state index in [1.165, 1.54) is 4.90 Å². The highest BCUT2D eigenvalue weighted by Gasteiger charge is 2.44. The lowest BCUT2D eigenvalue weighted by molar-refractivity contribution is -0.138. The molecular weight excluding hydrogens is 261 g/mol. The third kappa shape index (κ3) is 2.13. The Hall–Kier alpha value is -0.810. The Bertz CT molecular complexity index is 425.